The molecule has 0 heterocycles. The average molecular weight is 263 g/mol. The first-order valence-corrected chi connectivity index (χ1v) is 6.78. The van der Waals surface area contributed by atoms with Gasteiger partial charge in [0.1, 0.15) is 11.5 Å². The van der Waals surface area contributed by atoms with Gasteiger partial charge in [0.25, 0.3) is 5.91 Å². The number of carbonyl (C=O) groups excluding carboxylic acids is 1. The van der Waals surface area contributed by atoms with Crippen LogP contribution in [0, 0.1) is 5.92 Å². The predicted molar refractivity (Wildman–Crippen MR) is 73.5 cm³/mol. The van der Waals surface area contributed by atoms with Crippen LogP contribution in [0.4, 0.5) is 0 Å². The van der Waals surface area contributed by atoms with E-state index >= 15 is 0 Å². The molecule has 0 unspecified atom stereocenters. The molecular formula is C15H21NO3. The van der Waals surface area contributed by atoms with Gasteiger partial charge < -0.3 is 15.2 Å². The number of hydrogen-bond donors (Lipinski definition) is 2. The zero-order valence-corrected chi connectivity index (χ0v) is 11.5. The number of amides is 1. The summed E-state index contributed by atoms with van der Waals surface area (Å²) in [5.41, 5.74) is 0.276. The molecule has 2 rings (SSSR count). The van der Waals surface area contributed by atoms with E-state index in [1.54, 1.807) is 12.1 Å². The molecule has 0 spiro atoms. The van der Waals surface area contributed by atoms with Gasteiger partial charge in [-0.15, -0.1) is 0 Å². The molecule has 4 heteroatoms. The summed E-state index contributed by atoms with van der Waals surface area (Å²) in [5.74, 6) is 1.08. The van der Waals surface area contributed by atoms with Gasteiger partial charge in [-0.3, -0.25) is 4.79 Å². The maximum Gasteiger partial charge on any atom is 0.255 e. The molecule has 0 aliphatic heterocycles. The Hall–Kier alpha value is -1.71. The van der Waals surface area contributed by atoms with Crippen molar-refractivity contribution in [2.45, 2.75) is 38.6 Å². The number of phenols is 1. The van der Waals surface area contributed by atoms with Crippen LogP contribution in [-0.4, -0.2) is 24.2 Å². The molecule has 1 aromatic rings. The normalized spacial score (nSPS) is 22.8. The fourth-order valence-corrected chi connectivity index (χ4v) is 2.49. The van der Waals surface area contributed by atoms with Crippen LogP contribution in [0.5, 0.6) is 11.5 Å². The van der Waals surface area contributed by atoms with E-state index in [-0.39, 0.29) is 23.3 Å². The van der Waals surface area contributed by atoms with Crippen molar-refractivity contribution in [3.8, 4) is 11.5 Å². The number of methoxy groups -OCH3 is 1. The summed E-state index contributed by atoms with van der Waals surface area (Å²) in [6.07, 6.45) is 4.32. The first kappa shape index (κ1) is 13.7. The second-order valence-electron chi connectivity index (χ2n) is 5.31. The van der Waals surface area contributed by atoms with Crippen molar-refractivity contribution in [3.05, 3.63) is 23.8 Å². The minimum Gasteiger partial charge on any atom is -0.507 e. The summed E-state index contributed by atoms with van der Waals surface area (Å²) in [6, 6.07) is 4.90. The van der Waals surface area contributed by atoms with Crippen LogP contribution in [0.25, 0.3) is 0 Å². The van der Waals surface area contributed by atoms with E-state index in [4.69, 9.17) is 4.74 Å². The van der Waals surface area contributed by atoms with Crippen molar-refractivity contribution in [2.24, 2.45) is 5.92 Å². The van der Waals surface area contributed by atoms with Gasteiger partial charge in [-0.05, 0) is 49.8 Å². The summed E-state index contributed by atoms with van der Waals surface area (Å²) in [7, 11) is 1.54. The Labute approximate surface area is 113 Å². The van der Waals surface area contributed by atoms with Gasteiger partial charge in [0.15, 0.2) is 0 Å². The number of nitrogens with one attached hydrogen (secondary N) is 1. The second kappa shape index (κ2) is 5.95. The van der Waals surface area contributed by atoms with E-state index < -0.39 is 0 Å². The molecule has 1 aliphatic carbocycles. The van der Waals surface area contributed by atoms with Crippen molar-refractivity contribution >= 4 is 5.91 Å². The third kappa shape index (κ3) is 3.40. The molecule has 1 amide bonds. The van der Waals surface area contributed by atoms with Crippen LogP contribution in [0.2, 0.25) is 0 Å². The number of rotatable bonds is 3. The molecule has 1 aliphatic rings. The topological polar surface area (TPSA) is 58.6 Å². The lowest BCUT2D eigenvalue weighted by atomic mass is 9.87. The highest BCUT2D eigenvalue weighted by Crippen LogP contribution is 2.26. The van der Waals surface area contributed by atoms with Crippen LogP contribution in [0.1, 0.15) is 43.0 Å². The fraction of sp³-hybridized carbons (Fsp3) is 0.533. The fourth-order valence-electron chi connectivity index (χ4n) is 2.49. The molecule has 1 saturated carbocycles. The molecule has 4 nitrogen and oxygen atoms in total. The van der Waals surface area contributed by atoms with Crippen LogP contribution in [0.15, 0.2) is 18.2 Å². The summed E-state index contributed by atoms with van der Waals surface area (Å²) in [5, 5.41) is 12.7. The molecule has 1 fully saturated rings. The van der Waals surface area contributed by atoms with Gasteiger partial charge in [0.05, 0.1) is 12.7 Å². The molecule has 104 valence electrons. The molecular weight excluding hydrogens is 242 g/mol. The van der Waals surface area contributed by atoms with Crippen molar-refractivity contribution in [1.82, 2.24) is 5.32 Å². The van der Waals surface area contributed by atoms with E-state index in [0.717, 1.165) is 31.6 Å². The molecule has 1 aromatic carbocycles. The van der Waals surface area contributed by atoms with Crippen molar-refractivity contribution in [3.63, 3.8) is 0 Å². The summed E-state index contributed by atoms with van der Waals surface area (Å²) >= 11 is 0. The van der Waals surface area contributed by atoms with Crippen LogP contribution < -0.4 is 10.1 Å². The highest BCUT2D eigenvalue weighted by Gasteiger charge is 2.21. The van der Waals surface area contributed by atoms with Crippen LogP contribution in [0.3, 0.4) is 0 Å². The Morgan fingerprint density at radius 2 is 2.00 bits per heavy atom. The SMILES string of the molecule is COc1ccc(O)c(C(=O)NC2CCC(C)CC2)c1. The van der Waals surface area contributed by atoms with E-state index in [1.807, 2.05) is 0 Å². The van der Waals surface area contributed by atoms with Crippen molar-refractivity contribution in [2.75, 3.05) is 7.11 Å². The molecule has 0 saturated heterocycles. The van der Waals surface area contributed by atoms with E-state index in [2.05, 4.69) is 12.2 Å². The molecule has 0 aromatic heterocycles. The molecule has 0 radical (unpaired) electrons. The average Bonchev–Trinajstić information content (AvgIpc) is 2.42. The molecule has 0 bridgehead atoms. The number of ether oxygens (including phenoxy) is 1. The smallest absolute Gasteiger partial charge is 0.255 e. The number of hydrogen-bond acceptors (Lipinski definition) is 3. The quantitative estimate of drug-likeness (QED) is 0.881. The Morgan fingerprint density at radius 3 is 2.63 bits per heavy atom. The molecule has 0 atom stereocenters. The second-order valence-corrected chi connectivity index (χ2v) is 5.31. The lowest BCUT2D eigenvalue weighted by Gasteiger charge is -2.27. The highest BCUT2D eigenvalue weighted by molar-refractivity contribution is 5.97. The highest BCUT2D eigenvalue weighted by atomic mass is 16.5. The van der Waals surface area contributed by atoms with Gasteiger partial charge in [-0.1, -0.05) is 6.92 Å². The Kier molecular flexibility index (Phi) is 4.30. The number of carbonyl (C=O) groups is 1. The van der Waals surface area contributed by atoms with Gasteiger partial charge in [-0.25, -0.2) is 0 Å². The van der Waals surface area contributed by atoms with Crippen LogP contribution in [-0.2, 0) is 0 Å². The van der Waals surface area contributed by atoms with Gasteiger partial charge >= 0.3 is 0 Å². The molecule has 19 heavy (non-hydrogen) atoms. The van der Waals surface area contributed by atoms with E-state index in [9.17, 15) is 9.90 Å². The first-order valence-electron chi connectivity index (χ1n) is 6.78. The van der Waals surface area contributed by atoms with Crippen molar-refractivity contribution < 1.29 is 14.6 Å². The maximum atomic E-state index is 12.2. The first-order chi connectivity index (χ1) is 9.10. The van der Waals surface area contributed by atoms with Crippen LogP contribution >= 0.6 is 0 Å². The van der Waals surface area contributed by atoms with Gasteiger partial charge in [0.2, 0.25) is 0 Å². The third-order valence-electron chi connectivity index (χ3n) is 3.80. The largest absolute Gasteiger partial charge is 0.507 e. The lowest BCUT2D eigenvalue weighted by Crippen LogP contribution is -2.37. The molecule has 2 N–H and O–H groups in total. The summed E-state index contributed by atoms with van der Waals surface area (Å²) in [6.45, 7) is 2.24. The minimum absolute atomic E-state index is 0.0116. The Bertz CT molecular complexity index is 451. The summed E-state index contributed by atoms with van der Waals surface area (Å²) < 4.78 is 5.07. The zero-order valence-electron chi connectivity index (χ0n) is 11.5. The van der Waals surface area contributed by atoms with E-state index in [1.165, 1.54) is 13.2 Å². The van der Waals surface area contributed by atoms with Gasteiger partial charge in [-0.2, -0.15) is 0 Å². The van der Waals surface area contributed by atoms with E-state index in [0.29, 0.717) is 5.75 Å². The number of aromatic hydroxyl groups is 1. The Balaban J connectivity index is 2.03. The van der Waals surface area contributed by atoms with Gasteiger partial charge in [0, 0.05) is 6.04 Å². The maximum absolute atomic E-state index is 12.2. The summed E-state index contributed by atoms with van der Waals surface area (Å²) in [4.78, 5) is 12.2. The Morgan fingerprint density at radius 1 is 1.32 bits per heavy atom. The number of benzene rings is 1. The zero-order chi connectivity index (χ0) is 13.8. The monoisotopic (exact) mass is 263 g/mol. The minimum atomic E-state index is -0.226. The standard InChI is InChI=1S/C15H21NO3/c1-10-3-5-11(6-4-10)16-15(18)13-9-12(19-2)7-8-14(13)17/h7-11,17H,3-6H2,1-2H3,(H,16,18). The lowest BCUT2D eigenvalue weighted by molar-refractivity contribution is 0.0920. The predicted octanol–water partition coefficient (Wildman–Crippen LogP) is 2.71. The number of phenolic OH excluding ortho intramolecular Hbond substituents is 1. The van der Waals surface area contributed by atoms with Crippen molar-refractivity contribution in [1.29, 1.82) is 0 Å². The third-order valence-corrected chi connectivity index (χ3v) is 3.80.